The van der Waals surface area contributed by atoms with Crippen LogP contribution in [0.3, 0.4) is 0 Å². The first kappa shape index (κ1) is 13.0. The minimum absolute atomic E-state index is 0.234. The Morgan fingerprint density at radius 2 is 2.31 bits per heavy atom. The van der Waals surface area contributed by atoms with Crippen molar-refractivity contribution >= 4 is 11.3 Å². The Labute approximate surface area is 96.6 Å². The van der Waals surface area contributed by atoms with Gasteiger partial charge >= 0.3 is 6.23 Å². The predicted molar refractivity (Wildman–Crippen MR) is 58.5 cm³/mol. The molecule has 1 rings (SSSR count). The van der Waals surface area contributed by atoms with E-state index >= 15 is 0 Å². The first-order chi connectivity index (χ1) is 7.50. The van der Waals surface area contributed by atoms with Crippen molar-refractivity contribution in [2.45, 2.75) is 6.23 Å². The van der Waals surface area contributed by atoms with Crippen molar-refractivity contribution in [1.29, 1.82) is 0 Å². The molecule has 16 heavy (non-hydrogen) atoms. The highest BCUT2D eigenvalue weighted by molar-refractivity contribution is 7.10. The maximum Gasteiger partial charge on any atom is 0.351 e. The van der Waals surface area contributed by atoms with Gasteiger partial charge in [-0.25, -0.2) is 0 Å². The Morgan fingerprint density at radius 3 is 2.75 bits per heavy atom. The van der Waals surface area contributed by atoms with Gasteiger partial charge in [-0.3, -0.25) is 10.1 Å². The van der Waals surface area contributed by atoms with E-state index in [1.165, 1.54) is 12.1 Å². The summed E-state index contributed by atoms with van der Waals surface area (Å²) in [7, 11) is 3.69. The van der Waals surface area contributed by atoms with Crippen LogP contribution in [0.2, 0.25) is 0 Å². The lowest BCUT2D eigenvalue weighted by atomic mass is 10.4. The van der Waals surface area contributed by atoms with Gasteiger partial charge in [0.2, 0.25) is 0 Å². The van der Waals surface area contributed by atoms with Gasteiger partial charge < -0.3 is 9.64 Å². The third kappa shape index (κ3) is 3.84. The van der Waals surface area contributed by atoms with E-state index in [-0.39, 0.29) is 11.5 Å². The average Bonchev–Trinajstić information content (AvgIpc) is 2.58. The van der Waals surface area contributed by atoms with Crippen LogP contribution in [-0.4, -0.2) is 37.1 Å². The van der Waals surface area contributed by atoms with Crippen LogP contribution >= 0.6 is 11.3 Å². The average molecular weight is 248 g/mol. The van der Waals surface area contributed by atoms with Gasteiger partial charge in [-0.15, -0.1) is 11.3 Å². The molecule has 0 aliphatic rings. The quantitative estimate of drug-likeness (QED) is 0.437. The number of thiophene rings is 1. The SMILES string of the molecule is CN(C)CCO[C@H](c1ccc(F)s1)[N+](=O)[O-]. The van der Waals surface area contributed by atoms with Gasteiger partial charge in [0, 0.05) is 6.54 Å². The number of halogens is 1. The van der Waals surface area contributed by atoms with Crippen molar-refractivity contribution < 1.29 is 14.1 Å². The summed E-state index contributed by atoms with van der Waals surface area (Å²) in [6, 6.07) is 2.58. The number of hydrogen-bond donors (Lipinski definition) is 0. The fourth-order valence-electron chi connectivity index (χ4n) is 1.05. The molecule has 0 aliphatic heterocycles. The van der Waals surface area contributed by atoms with Crippen LogP contribution < -0.4 is 0 Å². The highest BCUT2D eigenvalue weighted by Gasteiger charge is 2.25. The van der Waals surface area contributed by atoms with Crippen molar-refractivity contribution in [3.8, 4) is 0 Å². The molecule has 1 aromatic rings. The Hall–Kier alpha value is -1.05. The number of rotatable bonds is 6. The molecule has 1 aromatic heterocycles. The zero-order chi connectivity index (χ0) is 12.1. The second kappa shape index (κ2) is 5.88. The molecule has 0 aliphatic carbocycles. The van der Waals surface area contributed by atoms with E-state index < -0.39 is 16.3 Å². The van der Waals surface area contributed by atoms with Crippen LogP contribution in [0.15, 0.2) is 12.1 Å². The second-order valence-corrected chi connectivity index (χ2v) is 4.52. The van der Waals surface area contributed by atoms with E-state index in [0.29, 0.717) is 6.54 Å². The topological polar surface area (TPSA) is 55.6 Å². The Kier molecular flexibility index (Phi) is 4.78. The van der Waals surface area contributed by atoms with E-state index in [9.17, 15) is 14.5 Å². The summed E-state index contributed by atoms with van der Waals surface area (Å²) in [6.45, 7) is 0.816. The van der Waals surface area contributed by atoms with Gasteiger partial charge in [-0.2, -0.15) is 4.39 Å². The molecular formula is C9H13FN2O3S. The lowest BCUT2D eigenvalue weighted by Crippen LogP contribution is -2.22. The lowest BCUT2D eigenvalue weighted by Gasteiger charge is -2.12. The van der Waals surface area contributed by atoms with Crippen LogP contribution in [-0.2, 0) is 4.74 Å². The Balaban J connectivity index is 2.58. The Morgan fingerprint density at radius 1 is 1.62 bits per heavy atom. The smallest absolute Gasteiger partial charge is 0.311 e. The number of nitro groups is 1. The van der Waals surface area contributed by atoms with Crippen molar-refractivity contribution in [3.63, 3.8) is 0 Å². The lowest BCUT2D eigenvalue weighted by molar-refractivity contribution is -0.583. The number of nitrogens with zero attached hydrogens (tertiary/aromatic N) is 2. The molecule has 7 heteroatoms. The van der Waals surface area contributed by atoms with E-state index in [1.807, 2.05) is 19.0 Å². The van der Waals surface area contributed by atoms with Crippen molar-refractivity contribution in [1.82, 2.24) is 4.90 Å². The first-order valence-corrected chi connectivity index (χ1v) is 5.47. The van der Waals surface area contributed by atoms with Gasteiger partial charge in [0.1, 0.15) is 4.88 Å². The van der Waals surface area contributed by atoms with Crippen LogP contribution in [0, 0.1) is 15.2 Å². The van der Waals surface area contributed by atoms with Gasteiger partial charge in [-0.05, 0) is 26.2 Å². The molecular weight excluding hydrogens is 235 g/mol. The fourth-order valence-corrected chi connectivity index (χ4v) is 1.81. The van der Waals surface area contributed by atoms with Gasteiger partial charge in [-0.1, -0.05) is 0 Å². The highest BCUT2D eigenvalue weighted by atomic mass is 32.1. The minimum Gasteiger partial charge on any atom is -0.311 e. The molecule has 0 saturated heterocycles. The summed E-state index contributed by atoms with van der Waals surface area (Å²) in [5.41, 5.74) is 0. The summed E-state index contributed by atoms with van der Waals surface area (Å²) in [5, 5.41) is 10.3. The van der Waals surface area contributed by atoms with Crippen LogP contribution in [0.4, 0.5) is 4.39 Å². The van der Waals surface area contributed by atoms with Crippen molar-refractivity contribution in [3.05, 3.63) is 32.3 Å². The van der Waals surface area contributed by atoms with Gasteiger partial charge in [0.15, 0.2) is 5.13 Å². The number of hydrogen-bond acceptors (Lipinski definition) is 5. The standard InChI is InChI=1S/C9H13FN2O3S/c1-11(2)5-6-15-9(12(13)14)7-3-4-8(10)16-7/h3-4,9H,5-6H2,1-2H3/t9-/m1/s1. The molecule has 0 aromatic carbocycles. The predicted octanol–water partition coefficient (Wildman–Crippen LogP) is 1.74. The molecule has 90 valence electrons. The number of likely N-dealkylation sites (N-methyl/N-ethyl adjacent to an activating group) is 1. The summed E-state index contributed by atoms with van der Waals surface area (Å²) in [5.74, 6) is 0. The van der Waals surface area contributed by atoms with Gasteiger partial charge in [0.05, 0.1) is 11.5 Å². The first-order valence-electron chi connectivity index (χ1n) is 4.65. The summed E-state index contributed by atoms with van der Waals surface area (Å²) in [4.78, 5) is 12.3. The summed E-state index contributed by atoms with van der Waals surface area (Å²) in [6.07, 6.45) is -1.27. The molecule has 0 amide bonds. The molecule has 0 fully saturated rings. The zero-order valence-corrected chi connectivity index (χ0v) is 9.87. The molecule has 1 heterocycles. The third-order valence-electron chi connectivity index (χ3n) is 1.84. The monoisotopic (exact) mass is 248 g/mol. The normalized spacial score (nSPS) is 13.0. The molecule has 1 atom stereocenters. The largest absolute Gasteiger partial charge is 0.351 e. The number of ether oxygens (including phenoxy) is 1. The summed E-state index contributed by atoms with van der Waals surface area (Å²) < 4.78 is 17.9. The second-order valence-electron chi connectivity index (χ2n) is 3.45. The van der Waals surface area contributed by atoms with E-state index in [0.717, 1.165) is 11.3 Å². The molecule has 0 radical (unpaired) electrons. The molecule has 0 bridgehead atoms. The van der Waals surface area contributed by atoms with Crippen LogP contribution in [0.5, 0.6) is 0 Å². The van der Waals surface area contributed by atoms with Crippen molar-refractivity contribution in [2.24, 2.45) is 0 Å². The molecule has 0 spiro atoms. The third-order valence-corrected chi connectivity index (χ3v) is 2.75. The van der Waals surface area contributed by atoms with E-state index in [4.69, 9.17) is 4.74 Å². The maximum absolute atomic E-state index is 12.7. The Bertz CT molecular complexity index is 356. The van der Waals surface area contributed by atoms with E-state index in [1.54, 1.807) is 0 Å². The molecule has 0 N–H and O–H groups in total. The minimum atomic E-state index is -1.27. The van der Waals surface area contributed by atoms with E-state index in [2.05, 4.69) is 0 Å². The molecule has 5 nitrogen and oxygen atoms in total. The zero-order valence-electron chi connectivity index (χ0n) is 9.05. The molecule has 0 unspecified atom stereocenters. The highest BCUT2D eigenvalue weighted by Crippen LogP contribution is 2.25. The molecule has 0 saturated carbocycles. The maximum atomic E-state index is 12.7. The summed E-state index contributed by atoms with van der Waals surface area (Å²) >= 11 is 0.736. The fraction of sp³-hybridized carbons (Fsp3) is 0.556. The van der Waals surface area contributed by atoms with Gasteiger partial charge in [0.25, 0.3) is 0 Å². The van der Waals surface area contributed by atoms with Crippen molar-refractivity contribution in [2.75, 3.05) is 27.2 Å². The van der Waals surface area contributed by atoms with Crippen LogP contribution in [0.25, 0.3) is 0 Å². The van der Waals surface area contributed by atoms with Crippen LogP contribution in [0.1, 0.15) is 11.1 Å².